The molecule has 0 spiro atoms. The summed E-state index contributed by atoms with van der Waals surface area (Å²) in [4.78, 5) is 29.6. The first kappa shape index (κ1) is 23.9. The standard InChI is InChI=1S/C24H26Cl2N2O2/c1-5-8-18(17(2)25)13-20-15-28(23(29)11-12-27(3)4)16-21(24(20)30)14-19-9-6-7-10-22(19)26/h5-10,13-14H,1-2,11-12,15-16H2,3-4H3/b18-8-,20-13+,21-14+. The number of ketones is 1. The van der Waals surface area contributed by atoms with Gasteiger partial charge in [-0.3, -0.25) is 9.59 Å². The number of carbonyl (C=O) groups excluding carboxylic acids is 2. The minimum absolute atomic E-state index is 0.0221. The second-order valence-electron chi connectivity index (χ2n) is 7.26. The molecule has 1 heterocycles. The molecule has 0 bridgehead atoms. The van der Waals surface area contributed by atoms with Gasteiger partial charge < -0.3 is 9.80 Å². The summed E-state index contributed by atoms with van der Waals surface area (Å²) in [5.41, 5.74) is 2.27. The molecule has 1 aromatic carbocycles. The highest BCUT2D eigenvalue weighted by atomic mass is 35.5. The van der Waals surface area contributed by atoms with Gasteiger partial charge in [0.2, 0.25) is 5.91 Å². The summed E-state index contributed by atoms with van der Waals surface area (Å²) in [6, 6.07) is 7.28. The summed E-state index contributed by atoms with van der Waals surface area (Å²) in [6.07, 6.45) is 7.04. The molecule has 0 atom stereocenters. The third-order valence-corrected chi connectivity index (χ3v) is 5.17. The number of piperidine rings is 1. The number of nitrogens with zero attached hydrogens (tertiary/aromatic N) is 2. The Morgan fingerprint density at radius 1 is 1.23 bits per heavy atom. The average Bonchev–Trinajstić information content (AvgIpc) is 2.69. The fourth-order valence-corrected chi connectivity index (χ4v) is 3.31. The van der Waals surface area contributed by atoms with Gasteiger partial charge in [0.25, 0.3) is 0 Å². The van der Waals surface area contributed by atoms with Gasteiger partial charge in [-0.25, -0.2) is 0 Å². The maximum atomic E-state index is 13.2. The van der Waals surface area contributed by atoms with Crippen LogP contribution >= 0.6 is 23.2 Å². The zero-order valence-corrected chi connectivity index (χ0v) is 18.8. The molecule has 0 aromatic heterocycles. The van der Waals surface area contributed by atoms with Gasteiger partial charge in [-0.2, -0.15) is 0 Å². The van der Waals surface area contributed by atoms with Gasteiger partial charge in [0.1, 0.15) is 0 Å². The van der Waals surface area contributed by atoms with Crippen LogP contribution < -0.4 is 0 Å². The first-order valence-electron chi connectivity index (χ1n) is 9.53. The summed E-state index contributed by atoms with van der Waals surface area (Å²) >= 11 is 12.3. The average molecular weight is 445 g/mol. The Bertz CT molecular complexity index is 942. The van der Waals surface area contributed by atoms with Crippen molar-refractivity contribution in [2.45, 2.75) is 6.42 Å². The van der Waals surface area contributed by atoms with E-state index < -0.39 is 0 Å². The predicted octanol–water partition coefficient (Wildman–Crippen LogP) is 4.88. The third kappa shape index (κ3) is 6.56. The van der Waals surface area contributed by atoms with E-state index >= 15 is 0 Å². The van der Waals surface area contributed by atoms with Gasteiger partial charge in [-0.05, 0) is 43.5 Å². The fourth-order valence-electron chi connectivity index (χ4n) is 3.00. The van der Waals surface area contributed by atoms with Crippen LogP contribution in [0.4, 0.5) is 0 Å². The van der Waals surface area contributed by atoms with Crippen LogP contribution in [0.25, 0.3) is 6.08 Å². The number of likely N-dealkylation sites (tertiary alicyclic amines) is 1. The lowest BCUT2D eigenvalue weighted by atomic mass is 9.93. The molecule has 1 saturated heterocycles. The number of allylic oxidation sites excluding steroid dienone is 5. The Kier molecular flexibility index (Phi) is 8.85. The normalized spacial score (nSPS) is 17.7. The third-order valence-electron chi connectivity index (χ3n) is 4.61. The lowest BCUT2D eigenvalue weighted by Crippen LogP contribution is -2.42. The molecule has 158 valence electrons. The highest BCUT2D eigenvalue weighted by Crippen LogP contribution is 2.26. The van der Waals surface area contributed by atoms with Crippen LogP contribution in [-0.2, 0) is 9.59 Å². The van der Waals surface area contributed by atoms with Crippen LogP contribution in [-0.4, -0.2) is 55.2 Å². The molecule has 1 aromatic rings. The summed E-state index contributed by atoms with van der Waals surface area (Å²) < 4.78 is 0. The molecule has 0 saturated carbocycles. The highest BCUT2D eigenvalue weighted by molar-refractivity contribution is 6.32. The van der Waals surface area contributed by atoms with Crippen molar-refractivity contribution in [1.82, 2.24) is 9.80 Å². The Hall–Kier alpha value is -2.40. The molecular formula is C24H26Cl2N2O2. The van der Waals surface area contributed by atoms with Gasteiger partial charge in [0.05, 0.1) is 0 Å². The van der Waals surface area contributed by atoms with E-state index in [9.17, 15) is 9.59 Å². The number of rotatable bonds is 7. The van der Waals surface area contributed by atoms with Crippen molar-refractivity contribution in [1.29, 1.82) is 0 Å². The molecule has 1 aliphatic heterocycles. The van der Waals surface area contributed by atoms with Crippen LogP contribution in [0.5, 0.6) is 0 Å². The van der Waals surface area contributed by atoms with Gasteiger partial charge in [0.15, 0.2) is 5.78 Å². The van der Waals surface area contributed by atoms with Crippen LogP contribution in [0.15, 0.2) is 77.4 Å². The lowest BCUT2D eigenvalue weighted by Gasteiger charge is -2.30. The zero-order valence-electron chi connectivity index (χ0n) is 17.3. The molecule has 1 aliphatic rings. The predicted molar refractivity (Wildman–Crippen MR) is 126 cm³/mol. The van der Waals surface area contributed by atoms with E-state index in [0.29, 0.717) is 39.7 Å². The lowest BCUT2D eigenvalue weighted by molar-refractivity contribution is -0.131. The summed E-state index contributed by atoms with van der Waals surface area (Å²) in [7, 11) is 3.83. The van der Waals surface area contributed by atoms with Gasteiger partial charge >= 0.3 is 0 Å². The van der Waals surface area contributed by atoms with E-state index in [1.165, 1.54) is 0 Å². The quantitative estimate of drug-likeness (QED) is 0.444. The van der Waals surface area contributed by atoms with Crippen molar-refractivity contribution in [3.05, 3.63) is 88.0 Å². The molecular weight excluding hydrogens is 419 g/mol. The van der Waals surface area contributed by atoms with Crippen molar-refractivity contribution in [3.63, 3.8) is 0 Å². The van der Waals surface area contributed by atoms with Crippen LogP contribution in [0.2, 0.25) is 5.02 Å². The smallest absolute Gasteiger partial charge is 0.224 e. The van der Waals surface area contributed by atoms with E-state index in [-0.39, 0.29) is 24.8 Å². The van der Waals surface area contributed by atoms with Crippen molar-refractivity contribution in [2.75, 3.05) is 33.7 Å². The van der Waals surface area contributed by atoms with Crippen molar-refractivity contribution < 1.29 is 9.59 Å². The van der Waals surface area contributed by atoms with E-state index in [2.05, 4.69) is 13.2 Å². The van der Waals surface area contributed by atoms with Crippen LogP contribution in [0, 0.1) is 0 Å². The van der Waals surface area contributed by atoms with E-state index in [1.54, 1.807) is 35.3 Å². The van der Waals surface area contributed by atoms with E-state index in [1.807, 2.05) is 37.2 Å². The molecule has 0 N–H and O–H groups in total. The summed E-state index contributed by atoms with van der Waals surface area (Å²) in [5.74, 6) is -0.162. The Morgan fingerprint density at radius 3 is 2.50 bits per heavy atom. The molecule has 0 unspecified atom stereocenters. The van der Waals surface area contributed by atoms with E-state index in [4.69, 9.17) is 23.2 Å². The number of hydrogen-bond donors (Lipinski definition) is 0. The molecule has 6 heteroatoms. The molecule has 0 radical (unpaired) electrons. The molecule has 2 rings (SSSR count). The number of Topliss-reactive ketones (excluding diaryl/α,β-unsaturated/α-hetero) is 1. The van der Waals surface area contributed by atoms with Crippen molar-refractivity contribution >= 4 is 41.0 Å². The number of hydrogen-bond acceptors (Lipinski definition) is 3. The Labute approximate surface area is 188 Å². The minimum Gasteiger partial charge on any atom is -0.334 e. The molecule has 30 heavy (non-hydrogen) atoms. The van der Waals surface area contributed by atoms with Crippen molar-refractivity contribution in [3.8, 4) is 0 Å². The monoisotopic (exact) mass is 444 g/mol. The largest absolute Gasteiger partial charge is 0.334 e. The number of amides is 1. The zero-order chi connectivity index (χ0) is 22.3. The molecule has 4 nitrogen and oxygen atoms in total. The molecule has 1 fully saturated rings. The fraction of sp³-hybridized carbons (Fsp3) is 0.250. The van der Waals surface area contributed by atoms with Crippen LogP contribution in [0.1, 0.15) is 12.0 Å². The first-order chi connectivity index (χ1) is 14.2. The summed E-state index contributed by atoms with van der Waals surface area (Å²) in [6.45, 7) is 8.49. The highest BCUT2D eigenvalue weighted by Gasteiger charge is 2.29. The van der Waals surface area contributed by atoms with Crippen LogP contribution in [0.3, 0.4) is 0 Å². The maximum Gasteiger partial charge on any atom is 0.224 e. The molecule has 0 aliphatic carbocycles. The van der Waals surface area contributed by atoms with Gasteiger partial charge in [-0.1, -0.05) is 66.7 Å². The number of halogens is 2. The number of carbonyl (C=O) groups is 2. The number of benzene rings is 1. The first-order valence-corrected chi connectivity index (χ1v) is 10.3. The Balaban J connectivity index is 2.46. The Morgan fingerprint density at radius 2 is 1.90 bits per heavy atom. The van der Waals surface area contributed by atoms with Gasteiger partial charge in [-0.15, -0.1) is 0 Å². The minimum atomic E-state index is -0.139. The SMILES string of the molecule is C=C/C=C(/C=C1\CN(C(=O)CCN(C)C)C/C(=C\c2ccccc2Cl)C1=O)C(=C)Cl. The van der Waals surface area contributed by atoms with Crippen molar-refractivity contribution in [2.24, 2.45) is 0 Å². The maximum absolute atomic E-state index is 13.2. The van der Waals surface area contributed by atoms with Gasteiger partial charge in [0, 0.05) is 47.3 Å². The summed E-state index contributed by atoms with van der Waals surface area (Å²) in [5, 5.41) is 0.837. The van der Waals surface area contributed by atoms with E-state index in [0.717, 1.165) is 5.56 Å². The molecule has 1 amide bonds. The topological polar surface area (TPSA) is 40.6 Å². The second-order valence-corrected chi connectivity index (χ2v) is 8.12. The second kappa shape index (κ2) is 11.1.